The van der Waals surface area contributed by atoms with E-state index in [4.69, 9.17) is 14.2 Å². The maximum absolute atomic E-state index is 12.5. The summed E-state index contributed by atoms with van der Waals surface area (Å²) in [5, 5.41) is 0. The first-order valence-corrected chi connectivity index (χ1v) is 14.2. The van der Waals surface area contributed by atoms with Gasteiger partial charge in [0, 0.05) is 0 Å². The van der Waals surface area contributed by atoms with E-state index in [1.807, 2.05) is 24.3 Å². The Morgan fingerprint density at radius 1 is 0.639 bits per heavy atom. The van der Waals surface area contributed by atoms with Gasteiger partial charge in [-0.2, -0.15) is 0 Å². The van der Waals surface area contributed by atoms with Crippen LogP contribution >= 0.6 is 0 Å². The van der Waals surface area contributed by atoms with Gasteiger partial charge in [-0.3, -0.25) is 0 Å². The van der Waals surface area contributed by atoms with Gasteiger partial charge in [-0.05, 0) is 73.2 Å². The number of esters is 1. The summed E-state index contributed by atoms with van der Waals surface area (Å²) in [6.45, 7) is 10.5. The summed E-state index contributed by atoms with van der Waals surface area (Å²) in [5.74, 6) is 3.12. The van der Waals surface area contributed by atoms with Gasteiger partial charge in [0.1, 0.15) is 17.2 Å². The molecule has 0 aliphatic carbocycles. The molecule has 200 valence electrons. The van der Waals surface area contributed by atoms with Gasteiger partial charge in [-0.15, -0.1) is 0 Å². The molecular formula is C32H48O4. The van der Waals surface area contributed by atoms with Crippen LogP contribution in [0.2, 0.25) is 0 Å². The average molecular weight is 497 g/mol. The van der Waals surface area contributed by atoms with Gasteiger partial charge in [0.15, 0.2) is 0 Å². The second-order valence-corrected chi connectivity index (χ2v) is 10.4. The van der Waals surface area contributed by atoms with E-state index in [2.05, 4.69) is 27.7 Å². The van der Waals surface area contributed by atoms with Crippen molar-refractivity contribution in [2.45, 2.75) is 98.3 Å². The maximum Gasteiger partial charge on any atom is 0.343 e. The Balaban J connectivity index is 1.64. The van der Waals surface area contributed by atoms with E-state index in [1.54, 1.807) is 24.3 Å². The van der Waals surface area contributed by atoms with Crippen LogP contribution in [-0.4, -0.2) is 19.2 Å². The van der Waals surface area contributed by atoms with E-state index in [1.165, 1.54) is 57.8 Å². The second kappa shape index (κ2) is 17.9. The number of hydrogen-bond acceptors (Lipinski definition) is 4. The van der Waals surface area contributed by atoms with Crippen LogP contribution < -0.4 is 14.2 Å². The Bertz CT molecular complexity index is 826. The molecule has 0 heterocycles. The molecule has 0 amide bonds. The van der Waals surface area contributed by atoms with Crippen molar-refractivity contribution in [1.82, 2.24) is 0 Å². The lowest BCUT2D eigenvalue weighted by Crippen LogP contribution is -2.08. The van der Waals surface area contributed by atoms with Crippen LogP contribution in [0.1, 0.15) is 109 Å². The number of hydrogen-bond donors (Lipinski definition) is 0. The summed E-state index contributed by atoms with van der Waals surface area (Å²) < 4.78 is 17.2. The average Bonchev–Trinajstić information content (AvgIpc) is 2.88. The molecule has 0 spiro atoms. The molecule has 4 heteroatoms. The zero-order valence-electron chi connectivity index (χ0n) is 23.1. The fourth-order valence-electron chi connectivity index (χ4n) is 4.02. The molecule has 0 aliphatic rings. The largest absolute Gasteiger partial charge is 0.494 e. The minimum Gasteiger partial charge on any atom is -0.494 e. The smallest absolute Gasteiger partial charge is 0.343 e. The van der Waals surface area contributed by atoms with Crippen LogP contribution in [-0.2, 0) is 0 Å². The molecule has 0 saturated carbocycles. The predicted molar refractivity (Wildman–Crippen MR) is 149 cm³/mol. The minimum absolute atomic E-state index is 0.378. The van der Waals surface area contributed by atoms with Crippen LogP contribution in [0.5, 0.6) is 17.2 Å². The Kier molecular flexibility index (Phi) is 14.8. The first-order valence-electron chi connectivity index (χ1n) is 14.2. The lowest BCUT2D eigenvalue weighted by atomic mass is 9.97. The molecule has 0 aromatic heterocycles. The summed E-state index contributed by atoms with van der Waals surface area (Å²) in [6, 6.07) is 14.4. The summed E-state index contributed by atoms with van der Waals surface area (Å²) >= 11 is 0. The second-order valence-electron chi connectivity index (χ2n) is 10.4. The molecular weight excluding hydrogens is 448 g/mol. The van der Waals surface area contributed by atoms with Gasteiger partial charge >= 0.3 is 5.97 Å². The molecule has 2 rings (SSSR count). The monoisotopic (exact) mass is 496 g/mol. The standard InChI is InChI=1S/C32H48O4/c1-5-6-7-8-9-10-11-12-24-34-29-17-15-28(16-18-29)32(33)36-31-21-19-30(20-22-31)35-25-23-27(4)14-13-26(2)3/h15-22,26-27H,5-14,23-25H2,1-4H3/t27-/m0/s1. The van der Waals surface area contributed by atoms with Crippen molar-refractivity contribution in [1.29, 1.82) is 0 Å². The number of unbranched alkanes of at least 4 members (excludes halogenated alkanes) is 7. The van der Waals surface area contributed by atoms with Gasteiger partial charge in [0.2, 0.25) is 0 Å². The van der Waals surface area contributed by atoms with Crippen LogP contribution in [0.4, 0.5) is 0 Å². The molecule has 0 aliphatic heterocycles. The van der Waals surface area contributed by atoms with Crippen molar-refractivity contribution in [3.8, 4) is 17.2 Å². The first-order chi connectivity index (χ1) is 17.5. The third-order valence-corrected chi connectivity index (χ3v) is 6.51. The van der Waals surface area contributed by atoms with Crippen molar-refractivity contribution >= 4 is 5.97 Å². The quantitative estimate of drug-likeness (QED) is 0.110. The normalized spacial score (nSPS) is 11.9. The highest BCUT2D eigenvalue weighted by molar-refractivity contribution is 5.91. The number of ether oxygens (including phenoxy) is 3. The highest BCUT2D eigenvalue weighted by Gasteiger charge is 2.10. The van der Waals surface area contributed by atoms with Gasteiger partial charge in [-0.25, -0.2) is 4.79 Å². The highest BCUT2D eigenvalue weighted by atomic mass is 16.5. The molecule has 1 atom stereocenters. The molecule has 2 aromatic rings. The van der Waals surface area contributed by atoms with Gasteiger partial charge in [0.05, 0.1) is 18.8 Å². The Morgan fingerprint density at radius 3 is 1.78 bits per heavy atom. The fourth-order valence-corrected chi connectivity index (χ4v) is 4.02. The van der Waals surface area contributed by atoms with E-state index in [0.29, 0.717) is 30.4 Å². The molecule has 0 bridgehead atoms. The fraction of sp³-hybridized carbons (Fsp3) is 0.594. The van der Waals surface area contributed by atoms with E-state index in [0.717, 1.165) is 30.3 Å². The molecule has 0 N–H and O–H groups in total. The van der Waals surface area contributed by atoms with Crippen molar-refractivity contribution < 1.29 is 19.0 Å². The van der Waals surface area contributed by atoms with Crippen LogP contribution in [0, 0.1) is 11.8 Å². The molecule has 0 radical (unpaired) electrons. The van der Waals surface area contributed by atoms with Gasteiger partial charge < -0.3 is 14.2 Å². The summed E-state index contributed by atoms with van der Waals surface area (Å²) in [6.07, 6.45) is 13.8. The molecule has 0 fully saturated rings. The van der Waals surface area contributed by atoms with Crippen molar-refractivity contribution in [2.75, 3.05) is 13.2 Å². The van der Waals surface area contributed by atoms with Crippen LogP contribution in [0.25, 0.3) is 0 Å². The van der Waals surface area contributed by atoms with E-state index in [-0.39, 0.29) is 5.97 Å². The zero-order valence-corrected chi connectivity index (χ0v) is 23.1. The Morgan fingerprint density at radius 2 is 1.17 bits per heavy atom. The maximum atomic E-state index is 12.5. The van der Waals surface area contributed by atoms with E-state index >= 15 is 0 Å². The van der Waals surface area contributed by atoms with Gasteiger partial charge in [-0.1, -0.05) is 85.5 Å². The lowest BCUT2D eigenvalue weighted by Gasteiger charge is -2.13. The molecule has 4 nitrogen and oxygen atoms in total. The Labute approximate surface area is 219 Å². The number of carbonyl (C=O) groups excluding carboxylic acids is 1. The van der Waals surface area contributed by atoms with Crippen LogP contribution in [0.15, 0.2) is 48.5 Å². The first kappa shape index (κ1) is 29.7. The van der Waals surface area contributed by atoms with Crippen molar-refractivity contribution in [3.05, 3.63) is 54.1 Å². The highest BCUT2D eigenvalue weighted by Crippen LogP contribution is 2.21. The topological polar surface area (TPSA) is 44.8 Å². The SMILES string of the molecule is CCCCCCCCCCOc1ccc(C(=O)Oc2ccc(OCC[C@@H](C)CCC(C)C)cc2)cc1. The van der Waals surface area contributed by atoms with E-state index in [9.17, 15) is 4.79 Å². The molecule has 36 heavy (non-hydrogen) atoms. The lowest BCUT2D eigenvalue weighted by molar-refractivity contribution is 0.0734. The zero-order chi connectivity index (χ0) is 26.0. The van der Waals surface area contributed by atoms with E-state index < -0.39 is 0 Å². The number of rotatable bonds is 19. The third kappa shape index (κ3) is 13.0. The number of benzene rings is 2. The summed E-state index contributed by atoms with van der Waals surface area (Å²) in [4.78, 5) is 12.5. The Hall–Kier alpha value is -2.49. The van der Waals surface area contributed by atoms with Crippen LogP contribution in [0.3, 0.4) is 0 Å². The number of carbonyl (C=O) groups is 1. The summed E-state index contributed by atoms with van der Waals surface area (Å²) in [7, 11) is 0. The molecule has 0 saturated heterocycles. The predicted octanol–water partition coefficient (Wildman–Crippen LogP) is 9.27. The van der Waals surface area contributed by atoms with Crippen molar-refractivity contribution in [3.63, 3.8) is 0 Å². The minimum atomic E-state index is -0.378. The summed E-state index contributed by atoms with van der Waals surface area (Å²) in [5.41, 5.74) is 0.505. The van der Waals surface area contributed by atoms with Gasteiger partial charge in [0.25, 0.3) is 0 Å². The molecule has 0 unspecified atom stereocenters. The third-order valence-electron chi connectivity index (χ3n) is 6.51. The molecule has 2 aromatic carbocycles. The van der Waals surface area contributed by atoms with Crippen molar-refractivity contribution in [2.24, 2.45) is 11.8 Å².